The van der Waals surface area contributed by atoms with Crippen molar-refractivity contribution in [1.29, 1.82) is 0 Å². The van der Waals surface area contributed by atoms with Crippen LogP contribution in [0.15, 0.2) is 0 Å². The number of nitrogens with zero attached hydrogens (tertiary/aromatic N) is 2. The number of aliphatic carboxylic acids is 1. The highest BCUT2D eigenvalue weighted by molar-refractivity contribution is 5.74. The van der Waals surface area contributed by atoms with E-state index in [0.717, 1.165) is 19.4 Å². The third kappa shape index (κ3) is 5.04. The molecule has 0 aromatic rings. The summed E-state index contributed by atoms with van der Waals surface area (Å²) >= 11 is 0. The Labute approximate surface area is 113 Å². The van der Waals surface area contributed by atoms with Crippen LogP contribution in [-0.4, -0.2) is 77.9 Å². The average Bonchev–Trinajstić information content (AvgIpc) is 2.74. The van der Waals surface area contributed by atoms with E-state index in [9.17, 15) is 9.59 Å². The minimum absolute atomic E-state index is 0.0121. The van der Waals surface area contributed by atoms with Gasteiger partial charge in [0.05, 0.1) is 0 Å². The van der Waals surface area contributed by atoms with Gasteiger partial charge in [-0.1, -0.05) is 0 Å². The van der Waals surface area contributed by atoms with Gasteiger partial charge in [-0.3, -0.25) is 0 Å². The van der Waals surface area contributed by atoms with Crippen LogP contribution in [0.25, 0.3) is 0 Å². The molecule has 0 aromatic carbocycles. The first-order chi connectivity index (χ1) is 8.91. The number of amides is 2. The maximum atomic E-state index is 11.8. The summed E-state index contributed by atoms with van der Waals surface area (Å²) in [4.78, 5) is 26.0. The molecule has 19 heavy (non-hydrogen) atoms. The number of nitrogens with one attached hydrogen (secondary N) is 1. The second-order valence-electron chi connectivity index (χ2n) is 5.03. The zero-order valence-corrected chi connectivity index (χ0v) is 11.5. The van der Waals surface area contributed by atoms with Gasteiger partial charge in [0.2, 0.25) is 0 Å². The number of carbonyl (C=O) groups is 2. The summed E-state index contributed by atoms with van der Waals surface area (Å²) in [5.74, 6) is -1.27. The van der Waals surface area contributed by atoms with Gasteiger partial charge in [0.1, 0.15) is 0 Å². The van der Waals surface area contributed by atoms with Crippen LogP contribution >= 0.6 is 0 Å². The van der Waals surface area contributed by atoms with Crippen molar-refractivity contribution in [3.8, 4) is 0 Å². The Morgan fingerprint density at radius 1 is 1.53 bits per heavy atom. The molecule has 110 valence electrons. The number of rotatable bonds is 6. The Balaban J connectivity index is 2.23. The second-order valence-corrected chi connectivity index (χ2v) is 5.03. The van der Waals surface area contributed by atoms with Gasteiger partial charge in [-0.15, -0.1) is 0 Å². The molecule has 2 amide bonds. The molecule has 3 N–H and O–H groups in total. The number of urea groups is 1. The molecule has 0 saturated carbocycles. The van der Waals surface area contributed by atoms with E-state index in [2.05, 4.69) is 10.2 Å². The number of carboxylic acids is 1. The minimum atomic E-state index is -1.42. The van der Waals surface area contributed by atoms with Gasteiger partial charge in [-0.2, -0.15) is 0 Å². The number of hydrogen-bond donors (Lipinski definition) is 3. The van der Waals surface area contributed by atoms with Crippen LogP contribution in [0.2, 0.25) is 0 Å². The molecule has 1 rings (SSSR count). The lowest BCUT2D eigenvalue weighted by Gasteiger charge is -2.26. The number of hydrogen-bond acceptors (Lipinski definition) is 4. The third-order valence-corrected chi connectivity index (χ3v) is 3.48. The number of aliphatic hydroxyl groups excluding tert-OH is 1. The molecule has 0 bridgehead atoms. The van der Waals surface area contributed by atoms with Crippen molar-refractivity contribution in [1.82, 2.24) is 15.1 Å². The van der Waals surface area contributed by atoms with E-state index in [0.29, 0.717) is 12.6 Å². The fourth-order valence-electron chi connectivity index (χ4n) is 2.18. The van der Waals surface area contributed by atoms with Crippen LogP contribution < -0.4 is 5.32 Å². The van der Waals surface area contributed by atoms with Crippen LogP contribution in [0, 0.1) is 0 Å². The molecule has 1 aliphatic heterocycles. The minimum Gasteiger partial charge on any atom is -0.479 e. The molecule has 7 nitrogen and oxygen atoms in total. The summed E-state index contributed by atoms with van der Waals surface area (Å²) in [5, 5.41) is 20.2. The zero-order valence-electron chi connectivity index (χ0n) is 11.5. The van der Waals surface area contributed by atoms with Crippen molar-refractivity contribution in [2.24, 2.45) is 0 Å². The Bertz CT molecular complexity index is 324. The molecule has 2 unspecified atom stereocenters. The van der Waals surface area contributed by atoms with Crippen molar-refractivity contribution in [3.63, 3.8) is 0 Å². The molecule has 7 heteroatoms. The van der Waals surface area contributed by atoms with E-state index in [-0.39, 0.29) is 19.0 Å². The smallest absolute Gasteiger partial charge is 0.332 e. The molecule has 1 fully saturated rings. The SMILES string of the molecule is CN(CC1CCCN1C)C(=O)NCCC(O)C(=O)O. The summed E-state index contributed by atoms with van der Waals surface area (Å²) in [6.07, 6.45) is 0.831. The van der Waals surface area contributed by atoms with Crippen LogP contribution in [0.1, 0.15) is 19.3 Å². The first-order valence-electron chi connectivity index (χ1n) is 6.52. The lowest BCUT2D eigenvalue weighted by atomic mass is 10.2. The molecule has 1 saturated heterocycles. The second kappa shape index (κ2) is 7.30. The molecule has 0 spiro atoms. The fraction of sp³-hybridized carbons (Fsp3) is 0.833. The van der Waals surface area contributed by atoms with Crippen LogP contribution in [0.5, 0.6) is 0 Å². The summed E-state index contributed by atoms with van der Waals surface area (Å²) in [7, 11) is 3.77. The summed E-state index contributed by atoms with van der Waals surface area (Å²) < 4.78 is 0. The van der Waals surface area contributed by atoms with Crippen LogP contribution in [-0.2, 0) is 4.79 Å². The summed E-state index contributed by atoms with van der Waals surface area (Å²) in [6.45, 7) is 1.87. The van der Waals surface area contributed by atoms with E-state index in [1.807, 2.05) is 7.05 Å². The Hall–Kier alpha value is -1.34. The Morgan fingerprint density at radius 2 is 2.21 bits per heavy atom. The van der Waals surface area contributed by atoms with Gasteiger partial charge < -0.3 is 25.3 Å². The van der Waals surface area contributed by atoms with E-state index in [1.54, 1.807) is 11.9 Å². The zero-order chi connectivity index (χ0) is 14.4. The van der Waals surface area contributed by atoms with E-state index >= 15 is 0 Å². The molecule has 0 aliphatic carbocycles. The summed E-state index contributed by atoms with van der Waals surface area (Å²) in [6, 6.07) is 0.151. The topological polar surface area (TPSA) is 93.1 Å². The van der Waals surface area contributed by atoms with Crippen molar-refractivity contribution in [2.75, 3.05) is 33.7 Å². The highest BCUT2D eigenvalue weighted by atomic mass is 16.4. The normalized spacial score (nSPS) is 21.1. The molecule has 1 heterocycles. The van der Waals surface area contributed by atoms with Gasteiger partial charge in [0.25, 0.3) is 0 Å². The molecule has 0 radical (unpaired) electrons. The standard InChI is InChI=1S/C12H23N3O4/c1-14-7-3-4-9(14)8-15(2)12(19)13-6-5-10(16)11(17)18/h9-10,16H,3-8H2,1-2H3,(H,13,19)(H,17,18). The lowest BCUT2D eigenvalue weighted by Crippen LogP contribution is -2.44. The van der Waals surface area contributed by atoms with Gasteiger partial charge >= 0.3 is 12.0 Å². The van der Waals surface area contributed by atoms with Gasteiger partial charge in [-0.25, -0.2) is 9.59 Å². The van der Waals surface area contributed by atoms with Gasteiger partial charge in [0, 0.05) is 32.6 Å². The van der Waals surface area contributed by atoms with Gasteiger partial charge in [0.15, 0.2) is 6.10 Å². The van der Waals surface area contributed by atoms with Crippen LogP contribution in [0.4, 0.5) is 4.79 Å². The molecule has 0 aromatic heterocycles. The fourth-order valence-corrected chi connectivity index (χ4v) is 2.18. The number of carboxylic acid groups (broad SMARTS) is 1. The largest absolute Gasteiger partial charge is 0.479 e. The molecular weight excluding hydrogens is 250 g/mol. The number of carbonyl (C=O) groups excluding carboxylic acids is 1. The van der Waals surface area contributed by atoms with E-state index in [1.165, 1.54) is 0 Å². The lowest BCUT2D eigenvalue weighted by molar-refractivity contribution is -0.146. The first kappa shape index (κ1) is 15.7. The van der Waals surface area contributed by atoms with E-state index < -0.39 is 12.1 Å². The molecule has 2 atom stereocenters. The van der Waals surface area contributed by atoms with Crippen molar-refractivity contribution >= 4 is 12.0 Å². The maximum absolute atomic E-state index is 11.8. The highest BCUT2D eigenvalue weighted by Crippen LogP contribution is 2.15. The van der Waals surface area contributed by atoms with Crippen molar-refractivity contribution in [3.05, 3.63) is 0 Å². The van der Waals surface area contributed by atoms with Crippen molar-refractivity contribution in [2.45, 2.75) is 31.4 Å². The predicted molar refractivity (Wildman–Crippen MR) is 69.9 cm³/mol. The number of likely N-dealkylation sites (N-methyl/N-ethyl adjacent to an activating group) is 2. The number of likely N-dealkylation sites (tertiary alicyclic amines) is 1. The first-order valence-corrected chi connectivity index (χ1v) is 6.52. The summed E-state index contributed by atoms with van der Waals surface area (Å²) in [5.41, 5.74) is 0. The quantitative estimate of drug-likeness (QED) is 0.610. The number of aliphatic hydroxyl groups is 1. The van der Waals surface area contributed by atoms with E-state index in [4.69, 9.17) is 10.2 Å². The average molecular weight is 273 g/mol. The Morgan fingerprint density at radius 3 is 2.74 bits per heavy atom. The highest BCUT2D eigenvalue weighted by Gasteiger charge is 2.23. The van der Waals surface area contributed by atoms with Crippen LogP contribution in [0.3, 0.4) is 0 Å². The molecular formula is C12H23N3O4. The predicted octanol–water partition coefficient (Wildman–Crippen LogP) is -0.442. The third-order valence-electron chi connectivity index (χ3n) is 3.48. The monoisotopic (exact) mass is 273 g/mol. The van der Waals surface area contributed by atoms with Gasteiger partial charge in [-0.05, 0) is 26.4 Å². The maximum Gasteiger partial charge on any atom is 0.332 e. The van der Waals surface area contributed by atoms with Crippen molar-refractivity contribution < 1.29 is 19.8 Å². The Kier molecular flexibility index (Phi) is 6.04. The molecule has 1 aliphatic rings.